The molecule has 0 aliphatic carbocycles. The molecule has 6 nitrogen and oxygen atoms in total. The molecule has 2 N–H and O–H groups in total. The van der Waals surface area contributed by atoms with Crippen LogP contribution in [0.5, 0.6) is 11.5 Å². The van der Waals surface area contributed by atoms with Gasteiger partial charge in [-0.3, -0.25) is 9.59 Å². The largest absolute Gasteiger partial charge is 0.490 e. The molecular formula is C18H27NO5. The lowest BCUT2D eigenvalue weighted by molar-refractivity contribution is -0.141. The Morgan fingerprint density at radius 3 is 2.29 bits per heavy atom. The summed E-state index contributed by atoms with van der Waals surface area (Å²) >= 11 is 0. The number of amides is 1. The van der Waals surface area contributed by atoms with E-state index in [-0.39, 0.29) is 12.5 Å². The fraction of sp³-hybridized carbons (Fsp3) is 0.556. The number of ether oxygens (including phenoxy) is 2. The summed E-state index contributed by atoms with van der Waals surface area (Å²) in [5, 5.41) is 11.6. The molecule has 0 saturated heterocycles. The summed E-state index contributed by atoms with van der Waals surface area (Å²) in [6.45, 7) is 10.0. The zero-order chi connectivity index (χ0) is 18.3. The van der Waals surface area contributed by atoms with Crippen LogP contribution in [0.2, 0.25) is 0 Å². The van der Waals surface area contributed by atoms with Crippen LogP contribution in [0.1, 0.15) is 40.2 Å². The van der Waals surface area contributed by atoms with Gasteiger partial charge in [0, 0.05) is 6.54 Å². The van der Waals surface area contributed by atoms with Crippen LogP contribution in [-0.2, 0) is 15.0 Å². The maximum atomic E-state index is 12.5. The molecule has 1 aromatic rings. The third-order valence-electron chi connectivity index (χ3n) is 3.82. The molecule has 1 amide bonds. The number of carbonyl (C=O) groups is 2. The summed E-state index contributed by atoms with van der Waals surface area (Å²) < 4.78 is 11.1. The van der Waals surface area contributed by atoms with Gasteiger partial charge in [0.25, 0.3) is 0 Å². The minimum absolute atomic E-state index is 0.0902. The van der Waals surface area contributed by atoms with E-state index in [1.807, 2.05) is 19.9 Å². The first-order valence-electron chi connectivity index (χ1n) is 8.15. The number of hydrogen-bond acceptors (Lipinski definition) is 4. The highest BCUT2D eigenvalue weighted by Gasteiger charge is 2.31. The Labute approximate surface area is 143 Å². The van der Waals surface area contributed by atoms with Crippen molar-refractivity contribution in [1.82, 2.24) is 5.32 Å². The molecule has 0 aromatic heterocycles. The predicted octanol–water partition coefficient (Wildman–Crippen LogP) is 2.60. The minimum atomic E-state index is -0.937. The zero-order valence-corrected chi connectivity index (χ0v) is 15.0. The van der Waals surface area contributed by atoms with Crippen molar-refractivity contribution in [3.05, 3.63) is 23.8 Å². The van der Waals surface area contributed by atoms with Crippen molar-refractivity contribution < 1.29 is 24.2 Å². The van der Waals surface area contributed by atoms with Gasteiger partial charge < -0.3 is 19.9 Å². The maximum absolute atomic E-state index is 12.5. The number of aliphatic carboxylic acids is 1. The minimum Gasteiger partial charge on any atom is -0.490 e. The number of benzene rings is 1. The van der Waals surface area contributed by atoms with Gasteiger partial charge in [-0.2, -0.15) is 0 Å². The molecule has 1 atom stereocenters. The van der Waals surface area contributed by atoms with E-state index in [1.165, 1.54) is 0 Å². The fourth-order valence-corrected chi connectivity index (χ4v) is 2.13. The van der Waals surface area contributed by atoms with Crippen molar-refractivity contribution in [3.63, 3.8) is 0 Å². The molecule has 0 aliphatic rings. The molecule has 0 radical (unpaired) electrons. The first kappa shape index (κ1) is 19.8. The summed E-state index contributed by atoms with van der Waals surface area (Å²) in [5.41, 5.74) is -0.0515. The van der Waals surface area contributed by atoms with E-state index in [4.69, 9.17) is 14.6 Å². The van der Waals surface area contributed by atoms with Crippen LogP contribution >= 0.6 is 0 Å². The lowest BCUT2D eigenvalue weighted by Crippen LogP contribution is -2.42. The first-order valence-corrected chi connectivity index (χ1v) is 8.15. The van der Waals surface area contributed by atoms with Gasteiger partial charge in [0.15, 0.2) is 11.5 Å². The highest BCUT2D eigenvalue weighted by Crippen LogP contribution is 2.33. The van der Waals surface area contributed by atoms with E-state index in [0.29, 0.717) is 24.7 Å². The van der Waals surface area contributed by atoms with Crippen LogP contribution in [0.25, 0.3) is 0 Å². The molecule has 0 spiro atoms. The molecule has 0 heterocycles. The van der Waals surface area contributed by atoms with Gasteiger partial charge in [0.05, 0.1) is 24.5 Å². The lowest BCUT2D eigenvalue weighted by atomic mass is 9.83. The summed E-state index contributed by atoms with van der Waals surface area (Å²) in [6.07, 6.45) is 0. The normalized spacial score (nSPS) is 12.4. The average Bonchev–Trinajstić information content (AvgIpc) is 2.53. The smallest absolute Gasteiger partial charge is 0.308 e. The van der Waals surface area contributed by atoms with Crippen LogP contribution in [0.15, 0.2) is 18.2 Å². The molecule has 6 heteroatoms. The van der Waals surface area contributed by atoms with Crippen LogP contribution in [0, 0.1) is 5.92 Å². The Bertz CT molecular complexity index is 583. The summed E-state index contributed by atoms with van der Waals surface area (Å²) in [6, 6.07) is 5.42. The van der Waals surface area contributed by atoms with Crippen LogP contribution in [0.4, 0.5) is 0 Å². The van der Waals surface area contributed by atoms with Crippen LogP contribution in [-0.4, -0.2) is 36.7 Å². The second kappa shape index (κ2) is 8.57. The van der Waals surface area contributed by atoms with Crippen molar-refractivity contribution in [2.24, 2.45) is 5.92 Å². The molecule has 134 valence electrons. The first-order chi connectivity index (χ1) is 11.2. The molecule has 0 fully saturated rings. The van der Waals surface area contributed by atoms with E-state index in [0.717, 1.165) is 5.56 Å². The molecule has 1 rings (SSSR count). The van der Waals surface area contributed by atoms with Crippen molar-refractivity contribution in [1.29, 1.82) is 0 Å². The van der Waals surface area contributed by atoms with Gasteiger partial charge in [-0.25, -0.2) is 0 Å². The molecule has 1 aromatic carbocycles. The second-order valence-electron chi connectivity index (χ2n) is 6.10. The number of carboxylic acids is 1. The lowest BCUT2D eigenvalue weighted by Gasteiger charge is -2.26. The quantitative estimate of drug-likeness (QED) is 0.723. The van der Waals surface area contributed by atoms with Gasteiger partial charge in [-0.15, -0.1) is 0 Å². The molecule has 1 unspecified atom stereocenters. The van der Waals surface area contributed by atoms with E-state index >= 15 is 0 Å². The topological polar surface area (TPSA) is 84.9 Å². The molecular weight excluding hydrogens is 310 g/mol. The van der Waals surface area contributed by atoms with Crippen LogP contribution in [0.3, 0.4) is 0 Å². The Morgan fingerprint density at radius 2 is 1.75 bits per heavy atom. The van der Waals surface area contributed by atoms with Crippen molar-refractivity contribution >= 4 is 11.9 Å². The third-order valence-corrected chi connectivity index (χ3v) is 3.82. The van der Waals surface area contributed by atoms with Gasteiger partial charge in [0.1, 0.15) is 0 Å². The van der Waals surface area contributed by atoms with Gasteiger partial charge in [-0.1, -0.05) is 13.0 Å². The Morgan fingerprint density at radius 1 is 1.17 bits per heavy atom. The van der Waals surface area contributed by atoms with E-state index in [2.05, 4.69) is 5.32 Å². The number of nitrogens with one attached hydrogen (secondary N) is 1. The zero-order valence-electron chi connectivity index (χ0n) is 15.0. The highest BCUT2D eigenvalue weighted by atomic mass is 16.5. The van der Waals surface area contributed by atoms with Crippen molar-refractivity contribution in [3.8, 4) is 11.5 Å². The Kier molecular flexibility index (Phi) is 7.07. The maximum Gasteiger partial charge on any atom is 0.308 e. The van der Waals surface area contributed by atoms with Gasteiger partial charge in [-0.05, 0) is 45.4 Å². The number of carboxylic acid groups (broad SMARTS) is 1. The van der Waals surface area contributed by atoms with E-state index in [1.54, 1.807) is 32.9 Å². The summed E-state index contributed by atoms with van der Waals surface area (Å²) in [7, 11) is 0. The van der Waals surface area contributed by atoms with Gasteiger partial charge >= 0.3 is 5.97 Å². The molecule has 0 saturated carbocycles. The van der Waals surface area contributed by atoms with E-state index in [9.17, 15) is 9.59 Å². The number of carbonyl (C=O) groups excluding carboxylic acids is 1. The fourth-order valence-electron chi connectivity index (χ4n) is 2.13. The van der Waals surface area contributed by atoms with Crippen molar-refractivity contribution in [2.75, 3.05) is 19.8 Å². The predicted molar refractivity (Wildman–Crippen MR) is 91.6 cm³/mol. The standard InChI is InChI=1S/C18H27NO5/c1-6-23-14-9-8-13(10-15(14)24-7-2)18(4,5)17(22)19-11-12(3)16(20)21/h8-10,12H,6-7,11H2,1-5H3,(H,19,22)(H,20,21). The number of rotatable bonds is 9. The van der Waals surface area contributed by atoms with Crippen LogP contribution < -0.4 is 14.8 Å². The highest BCUT2D eigenvalue weighted by molar-refractivity contribution is 5.88. The summed E-state index contributed by atoms with van der Waals surface area (Å²) in [5.74, 6) is -0.575. The monoisotopic (exact) mass is 337 g/mol. The summed E-state index contributed by atoms with van der Waals surface area (Å²) in [4.78, 5) is 23.4. The molecule has 0 aliphatic heterocycles. The second-order valence-corrected chi connectivity index (χ2v) is 6.10. The molecule has 0 bridgehead atoms. The molecule has 24 heavy (non-hydrogen) atoms. The third kappa shape index (κ3) is 4.88. The SMILES string of the molecule is CCOc1ccc(C(C)(C)C(=O)NCC(C)C(=O)O)cc1OCC. The van der Waals surface area contributed by atoms with E-state index < -0.39 is 17.3 Å². The Hall–Kier alpha value is -2.24. The van der Waals surface area contributed by atoms with Crippen molar-refractivity contribution in [2.45, 2.75) is 40.0 Å². The Balaban J connectivity index is 2.97. The number of hydrogen-bond donors (Lipinski definition) is 2. The average molecular weight is 337 g/mol. The van der Waals surface area contributed by atoms with Gasteiger partial charge in [0.2, 0.25) is 5.91 Å².